The van der Waals surface area contributed by atoms with Gasteiger partial charge in [-0.05, 0) is 43.1 Å². The lowest BCUT2D eigenvalue weighted by Gasteiger charge is -2.17. The molecule has 0 bridgehead atoms. The number of nitrogen functional groups attached to an aromatic ring is 1. The number of aromatic nitrogens is 1. The van der Waals surface area contributed by atoms with Gasteiger partial charge in [-0.3, -0.25) is 0 Å². The largest absolute Gasteiger partial charge is 0.383 e. The topological polar surface area (TPSA) is 50.9 Å². The number of pyridine rings is 1. The molecule has 0 fully saturated rings. The fraction of sp³-hybridized carbons (Fsp3) is 0.267. The van der Waals surface area contributed by atoms with E-state index in [4.69, 9.17) is 5.73 Å². The van der Waals surface area contributed by atoms with E-state index in [9.17, 15) is 4.39 Å². The van der Waals surface area contributed by atoms with Crippen molar-refractivity contribution in [1.82, 2.24) is 10.3 Å². The molecule has 0 radical (unpaired) electrons. The van der Waals surface area contributed by atoms with Gasteiger partial charge < -0.3 is 11.1 Å². The van der Waals surface area contributed by atoms with E-state index in [1.807, 2.05) is 31.3 Å². The first kappa shape index (κ1) is 13.5. The van der Waals surface area contributed by atoms with Crippen molar-refractivity contribution in [2.24, 2.45) is 0 Å². The van der Waals surface area contributed by atoms with E-state index in [0.717, 1.165) is 12.0 Å². The third-order valence-electron chi connectivity index (χ3n) is 3.22. The summed E-state index contributed by atoms with van der Waals surface area (Å²) in [5.74, 6) is 0.373. The molecule has 0 spiro atoms. The van der Waals surface area contributed by atoms with E-state index in [0.29, 0.717) is 17.8 Å². The van der Waals surface area contributed by atoms with Crippen LogP contribution in [0.25, 0.3) is 0 Å². The molecule has 1 unspecified atom stereocenters. The van der Waals surface area contributed by atoms with Gasteiger partial charge in [0.1, 0.15) is 11.6 Å². The third kappa shape index (κ3) is 3.51. The molecular weight excluding hydrogens is 241 g/mol. The normalized spacial score (nSPS) is 12.3. The molecule has 0 aliphatic heterocycles. The van der Waals surface area contributed by atoms with Crippen molar-refractivity contribution in [2.75, 3.05) is 12.8 Å². The number of hydrogen-bond acceptors (Lipinski definition) is 3. The standard InChI is InChI=1S/C15H18FN3/c1-18-13(9-11-5-2-3-7-14(11)16)10-12-6-4-8-19-15(12)17/h2-8,13,18H,9-10H2,1H3,(H2,17,19). The van der Waals surface area contributed by atoms with Gasteiger partial charge in [-0.2, -0.15) is 0 Å². The Morgan fingerprint density at radius 3 is 2.53 bits per heavy atom. The fourth-order valence-corrected chi connectivity index (χ4v) is 2.09. The van der Waals surface area contributed by atoms with Crippen LogP contribution in [0.5, 0.6) is 0 Å². The zero-order valence-electron chi connectivity index (χ0n) is 10.9. The molecule has 1 aromatic carbocycles. The summed E-state index contributed by atoms with van der Waals surface area (Å²) in [5.41, 5.74) is 7.53. The Bertz CT molecular complexity index is 495. The summed E-state index contributed by atoms with van der Waals surface area (Å²) in [4.78, 5) is 4.07. The summed E-state index contributed by atoms with van der Waals surface area (Å²) < 4.78 is 13.6. The van der Waals surface area contributed by atoms with E-state index in [1.165, 1.54) is 6.07 Å². The van der Waals surface area contributed by atoms with Gasteiger partial charge in [0.05, 0.1) is 0 Å². The fourth-order valence-electron chi connectivity index (χ4n) is 2.09. The molecule has 0 amide bonds. The van der Waals surface area contributed by atoms with Gasteiger partial charge in [-0.1, -0.05) is 24.3 Å². The van der Waals surface area contributed by atoms with Crippen molar-refractivity contribution in [3.63, 3.8) is 0 Å². The summed E-state index contributed by atoms with van der Waals surface area (Å²) in [7, 11) is 1.87. The van der Waals surface area contributed by atoms with Gasteiger partial charge in [0.2, 0.25) is 0 Å². The smallest absolute Gasteiger partial charge is 0.126 e. The third-order valence-corrected chi connectivity index (χ3v) is 3.22. The Hall–Kier alpha value is -1.94. The number of likely N-dealkylation sites (N-methyl/N-ethyl adjacent to an activating group) is 1. The first-order valence-corrected chi connectivity index (χ1v) is 6.30. The monoisotopic (exact) mass is 259 g/mol. The number of anilines is 1. The Labute approximate surface area is 112 Å². The molecule has 1 atom stereocenters. The van der Waals surface area contributed by atoms with Crippen molar-refractivity contribution in [3.05, 3.63) is 59.5 Å². The maximum absolute atomic E-state index is 13.6. The van der Waals surface area contributed by atoms with E-state index < -0.39 is 0 Å². The second kappa shape index (κ2) is 6.29. The molecule has 0 saturated carbocycles. The molecule has 2 aromatic rings. The minimum absolute atomic E-state index is 0.128. The number of halogens is 1. The highest BCUT2D eigenvalue weighted by atomic mass is 19.1. The zero-order chi connectivity index (χ0) is 13.7. The Morgan fingerprint density at radius 1 is 1.16 bits per heavy atom. The molecule has 3 nitrogen and oxygen atoms in total. The van der Waals surface area contributed by atoms with E-state index in [2.05, 4.69) is 10.3 Å². The quantitative estimate of drug-likeness (QED) is 0.865. The van der Waals surface area contributed by atoms with Crippen molar-refractivity contribution < 1.29 is 4.39 Å². The van der Waals surface area contributed by atoms with Crippen LogP contribution in [0.4, 0.5) is 10.2 Å². The molecule has 2 rings (SSSR count). The number of nitrogens with zero attached hydrogens (tertiary/aromatic N) is 1. The SMILES string of the molecule is CNC(Cc1ccccc1F)Cc1cccnc1N. The van der Waals surface area contributed by atoms with Crippen LogP contribution < -0.4 is 11.1 Å². The number of nitrogens with two attached hydrogens (primary N) is 1. The minimum Gasteiger partial charge on any atom is -0.383 e. The van der Waals surface area contributed by atoms with Gasteiger partial charge in [0.15, 0.2) is 0 Å². The molecule has 0 aliphatic rings. The maximum atomic E-state index is 13.6. The molecule has 4 heteroatoms. The minimum atomic E-state index is -0.165. The Kier molecular flexibility index (Phi) is 4.47. The van der Waals surface area contributed by atoms with Crippen LogP contribution in [0.3, 0.4) is 0 Å². The summed E-state index contributed by atoms with van der Waals surface area (Å²) >= 11 is 0. The van der Waals surface area contributed by atoms with Crippen LogP contribution >= 0.6 is 0 Å². The Balaban J connectivity index is 2.09. The van der Waals surface area contributed by atoms with Crippen LogP contribution in [-0.4, -0.2) is 18.1 Å². The van der Waals surface area contributed by atoms with Crippen LogP contribution in [0.1, 0.15) is 11.1 Å². The van der Waals surface area contributed by atoms with E-state index in [1.54, 1.807) is 12.3 Å². The van der Waals surface area contributed by atoms with Crippen LogP contribution in [-0.2, 0) is 12.8 Å². The first-order valence-electron chi connectivity index (χ1n) is 6.30. The average Bonchev–Trinajstić information content (AvgIpc) is 2.42. The molecule has 19 heavy (non-hydrogen) atoms. The number of rotatable bonds is 5. The summed E-state index contributed by atoms with van der Waals surface area (Å²) in [5, 5.41) is 3.20. The molecule has 3 N–H and O–H groups in total. The van der Waals surface area contributed by atoms with Crippen LogP contribution in [0.15, 0.2) is 42.6 Å². The molecule has 0 saturated heterocycles. The predicted octanol–water partition coefficient (Wildman–Crippen LogP) is 2.18. The van der Waals surface area contributed by atoms with E-state index in [-0.39, 0.29) is 11.9 Å². The number of hydrogen-bond donors (Lipinski definition) is 2. The van der Waals surface area contributed by atoms with E-state index >= 15 is 0 Å². The predicted molar refractivity (Wildman–Crippen MR) is 75.3 cm³/mol. The van der Waals surface area contributed by atoms with Gasteiger partial charge in [0.25, 0.3) is 0 Å². The zero-order valence-corrected chi connectivity index (χ0v) is 10.9. The molecular formula is C15H18FN3. The van der Waals surface area contributed by atoms with Crippen molar-refractivity contribution >= 4 is 5.82 Å². The first-order chi connectivity index (χ1) is 9.20. The lowest BCUT2D eigenvalue weighted by atomic mass is 9.99. The summed E-state index contributed by atoms with van der Waals surface area (Å²) in [6.45, 7) is 0. The van der Waals surface area contributed by atoms with Crippen molar-refractivity contribution in [3.8, 4) is 0 Å². The van der Waals surface area contributed by atoms with Crippen molar-refractivity contribution in [2.45, 2.75) is 18.9 Å². The molecule has 1 aromatic heterocycles. The number of nitrogens with one attached hydrogen (secondary N) is 1. The molecule has 100 valence electrons. The second-order valence-corrected chi connectivity index (χ2v) is 4.53. The lowest BCUT2D eigenvalue weighted by molar-refractivity contribution is 0.532. The molecule has 1 heterocycles. The van der Waals surface area contributed by atoms with Gasteiger partial charge >= 0.3 is 0 Å². The number of benzene rings is 1. The highest BCUT2D eigenvalue weighted by Gasteiger charge is 2.12. The lowest BCUT2D eigenvalue weighted by Crippen LogP contribution is -2.30. The molecule has 0 aliphatic carbocycles. The Morgan fingerprint density at radius 2 is 1.84 bits per heavy atom. The van der Waals surface area contributed by atoms with Gasteiger partial charge in [-0.25, -0.2) is 9.37 Å². The maximum Gasteiger partial charge on any atom is 0.126 e. The second-order valence-electron chi connectivity index (χ2n) is 4.53. The van der Waals surface area contributed by atoms with Gasteiger partial charge in [-0.15, -0.1) is 0 Å². The average molecular weight is 259 g/mol. The van der Waals surface area contributed by atoms with Crippen molar-refractivity contribution in [1.29, 1.82) is 0 Å². The van der Waals surface area contributed by atoms with Crippen LogP contribution in [0.2, 0.25) is 0 Å². The van der Waals surface area contributed by atoms with Crippen LogP contribution in [0, 0.1) is 5.82 Å². The highest BCUT2D eigenvalue weighted by Crippen LogP contribution is 2.14. The highest BCUT2D eigenvalue weighted by molar-refractivity contribution is 5.39. The van der Waals surface area contributed by atoms with Gasteiger partial charge in [0, 0.05) is 12.2 Å². The summed E-state index contributed by atoms with van der Waals surface area (Å²) in [6.07, 6.45) is 3.02. The summed E-state index contributed by atoms with van der Waals surface area (Å²) in [6, 6.07) is 10.8.